The Balaban J connectivity index is 2.65. The predicted octanol–water partition coefficient (Wildman–Crippen LogP) is 3.87. The fourth-order valence-corrected chi connectivity index (χ4v) is 3.61. The summed E-state index contributed by atoms with van der Waals surface area (Å²) in [5.41, 5.74) is 7.01. The number of hydrogen-bond acceptors (Lipinski definition) is 3. The molecule has 1 aromatic carbocycles. The van der Waals surface area contributed by atoms with Crippen molar-refractivity contribution in [3.63, 3.8) is 0 Å². The first-order valence-electron chi connectivity index (χ1n) is 6.14. The molecule has 3 nitrogen and oxygen atoms in total. The molecule has 20 heavy (non-hydrogen) atoms. The lowest BCUT2D eigenvalue weighted by Crippen LogP contribution is -2.14. The van der Waals surface area contributed by atoms with Crippen molar-refractivity contribution in [1.29, 1.82) is 0 Å². The predicted molar refractivity (Wildman–Crippen MR) is 85.4 cm³/mol. The van der Waals surface area contributed by atoms with Crippen LogP contribution in [0.25, 0.3) is 11.3 Å². The Morgan fingerprint density at radius 3 is 2.70 bits per heavy atom. The SMILES string of the molecule is CC[P@@](C)(=O)c1ccnc(-c2ccc(Br)cc2F)c1N. The van der Waals surface area contributed by atoms with Gasteiger partial charge in [-0.1, -0.05) is 22.9 Å². The number of nitrogens with zero attached hydrogens (tertiary/aromatic N) is 1. The number of benzene rings is 1. The summed E-state index contributed by atoms with van der Waals surface area (Å²) < 4.78 is 27.2. The summed E-state index contributed by atoms with van der Waals surface area (Å²) in [4.78, 5) is 4.15. The second-order valence-corrected chi connectivity index (χ2v) is 8.87. The second-order valence-electron chi connectivity index (χ2n) is 4.63. The van der Waals surface area contributed by atoms with Gasteiger partial charge in [0.05, 0.1) is 11.4 Å². The highest BCUT2D eigenvalue weighted by molar-refractivity contribution is 9.10. The summed E-state index contributed by atoms with van der Waals surface area (Å²) in [7, 11) is -2.53. The molecule has 0 fully saturated rings. The van der Waals surface area contributed by atoms with Crippen LogP contribution < -0.4 is 11.0 Å². The Kier molecular flexibility index (Phi) is 4.31. The van der Waals surface area contributed by atoms with E-state index < -0.39 is 13.0 Å². The van der Waals surface area contributed by atoms with Gasteiger partial charge >= 0.3 is 0 Å². The van der Waals surface area contributed by atoms with Crippen molar-refractivity contribution in [2.75, 3.05) is 18.6 Å². The van der Waals surface area contributed by atoms with Gasteiger partial charge in [0.1, 0.15) is 13.0 Å². The van der Waals surface area contributed by atoms with Crippen LogP contribution in [-0.2, 0) is 4.57 Å². The van der Waals surface area contributed by atoms with Crippen molar-refractivity contribution in [2.24, 2.45) is 0 Å². The summed E-state index contributed by atoms with van der Waals surface area (Å²) in [5.74, 6) is -0.418. The Morgan fingerprint density at radius 2 is 2.10 bits per heavy atom. The van der Waals surface area contributed by atoms with E-state index in [4.69, 9.17) is 5.73 Å². The molecule has 1 aromatic heterocycles. The van der Waals surface area contributed by atoms with Crippen molar-refractivity contribution in [3.05, 3.63) is 40.8 Å². The highest BCUT2D eigenvalue weighted by Crippen LogP contribution is 2.42. The maximum atomic E-state index is 14.0. The first-order valence-corrected chi connectivity index (χ1v) is 9.27. The highest BCUT2D eigenvalue weighted by atomic mass is 79.9. The fraction of sp³-hybridized carbons (Fsp3) is 0.214. The number of rotatable bonds is 3. The quantitative estimate of drug-likeness (QED) is 0.849. The lowest BCUT2D eigenvalue weighted by molar-refractivity contribution is 0.585. The standard InChI is InChI=1S/C14H15BrFN2OP/c1-3-20(2,19)12-6-7-18-14(13(12)17)10-5-4-9(15)8-11(10)16/h4-8H,3,17H2,1-2H3/t20-/m1/s1. The zero-order chi connectivity index (χ0) is 14.9. The minimum Gasteiger partial charge on any atom is -0.396 e. The fourth-order valence-electron chi connectivity index (χ4n) is 1.94. The van der Waals surface area contributed by atoms with Gasteiger partial charge in [-0.3, -0.25) is 4.98 Å². The summed E-state index contributed by atoms with van der Waals surface area (Å²) in [6, 6.07) is 6.33. The number of aromatic nitrogens is 1. The maximum absolute atomic E-state index is 14.0. The number of nitrogens with two attached hydrogens (primary N) is 1. The second kappa shape index (κ2) is 5.66. The lowest BCUT2D eigenvalue weighted by Gasteiger charge is -2.16. The molecule has 2 rings (SSSR count). The normalized spacial score (nSPS) is 14.0. The van der Waals surface area contributed by atoms with E-state index in [1.807, 2.05) is 6.92 Å². The molecule has 2 N–H and O–H groups in total. The average Bonchev–Trinajstić information content (AvgIpc) is 2.39. The van der Waals surface area contributed by atoms with E-state index in [2.05, 4.69) is 20.9 Å². The van der Waals surface area contributed by atoms with Crippen molar-refractivity contribution in [1.82, 2.24) is 4.98 Å². The molecule has 1 heterocycles. The smallest absolute Gasteiger partial charge is 0.133 e. The average molecular weight is 357 g/mol. The van der Waals surface area contributed by atoms with Gasteiger partial charge in [0.15, 0.2) is 0 Å². The summed E-state index contributed by atoms with van der Waals surface area (Å²) in [6.07, 6.45) is 2.03. The summed E-state index contributed by atoms with van der Waals surface area (Å²) in [5, 5.41) is 0.562. The van der Waals surface area contributed by atoms with Crippen molar-refractivity contribution in [2.45, 2.75) is 6.92 Å². The van der Waals surface area contributed by atoms with E-state index in [9.17, 15) is 8.96 Å². The summed E-state index contributed by atoms with van der Waals surface area (Å²) >= 11 is 3.21. The molecule has 0 bridgehead atoms. The Morgan fingerprint density at radius 1 is 1.40 bits per heavy atom. The number of anilines is 1. The molecule has 0 saturated heterocycles. The van der Waals surface area contributed by atoms with Crippen molar-refractivity contribution < 1.29 is 8.96 Å². The molecule has 0 aliphatic heterocycles. The van der Waals surface area contributed by atoms with Gasteiger partial charge in [-0.2, -0.15) is 0 Å². The molecule has 6 heteroatoms. The van der Waals surface area contributed by atoms with Gasteiger partial charge in [0, 0.05) is 27.7 Å². The Hall–Kier alpha value is -1.19. The number of pyridine rings is 1. The molecule has 1 atom stereocenters. The van der Waals surface area contributed by atoms with Crippen LogP contribution in [0.4, 0.5) is 10.1 Å². The van der Waals surface area contributed by atoms with Crippen LogP contribution in [-0.4, -0.2) is 17.8 Å². The molecule has 0 aliphatic carbocycles. The van der Waals surface area contributed by atoms with E-state index >= 15 is 0 Å². The van der Waals surface area contributed by atoms with Crippen LogP contribution >= 0.6 is 23.1 Å². The van der Waals surface area contributed by atoms with Gasteiger partial charge in [-0.25, -0.2) is 4.39 Å². The van der Waals surface area contributed by atoms with E-state index in [-0.39, 0.29) is 0 Å². The minimum atomic E-state index is -2.53. The molecular formula is C14H15BrFN2OP. The molecule has 0 unspecified atom stereocenters. The number of nitrogen functional groups attached to an aromatic ring is 1. The van der Waals surface area contributed by atoms with Crippen LogP contribution in [0.15, 0.2) is 34.9 Å². The van der Waals surface area contributed by atoms with E-state index in [1.165, 1.54) is 12.3 Å². The van der Waals surface area contributed by atoms with Crippen LogP contribution in [0.1, 0.15) is 6.92 Å². The molecular weight excluding hydrogens is 342 g/mol. The van der Waals surface area contributed by atoms with Crippen molar-refractivity contribution in [3.8, 4) is 11.3 Å². The van der Waals surface area contributed by atoms with Crippen LogP contribution in [0.2, 0.25) is 0 Å². The van der Waals surface area contributed by atoms with E-state index in [0.717, 1.165) is 0 Å². The number of hydrogen-bond donors (Lipinski definition) is 1. The van der Waals surface area contributed by atoms with Crippen molar-refractivity contribution >= 4 is 34.1 Å². The summed E-state index contributed by atoms with van der Waals surface area (Å²) in [6.45, 7) is 3.53. The molecule has 0 saturated carbocycles. The third kappa shape index (κ3) is 2.79. The number of halogens is 2. The Labute approximate surface area is 125 Å². The molecule has 2 aromatic rings. The van der Waals surface area contributed by atoms with Crippen LogP contribution in [0.3, 0.4) is 0 Å². The van der Waals surface area contributed by atoms with Crippen LogP contribution in [0, 0.1) is 5.82 Å². The van der Waals surface area contributed by atoms with E-state index in [0.29, 0.717) is 32.9 Å². The third-order valence-electron chi connectivity index (χ3n) is 3.27. The first kappa shape index (κ1) is 15.2. The lowest BCUT2D eigenvalue weighted by atomic mass is 10.1. The Bertz CT molecular complexity index is 706. The zero-order valence-electron chi connectivity index (χ0n) is 11.2. The maximum Gasteiger partial charge on any atom is 0.133 e. The molecule has 0 radical (unpaired) electrons. The van der Waals surface area contributed by atoms with Crippen LogP contribution in [0.5, 0.6) is 0 Å². The largest absolute Gasteiger partial charge is 0.396 e. The highest BCUT2D eigenvalue weighted by Gasteiger charge is 2.22. The van der Waals surface area contributed by atoms with Gasteiger partial charge in [0.25, 0.3) is 0 Å². The zero-order valence-corrected chi connectivity index (χ0v) is 13.7. The first-order chi connectivity index (χ1) is 9.36. The monoisotopic (exact) mass is 356 g/mol. The molecule has 0 spiro atoms. The molecule has 0 aliphatic rings. The topological polar surface area (TPSA) is 56.0 Å². The van der Waals surface area contributed by atoms with E-state index in [1.54, 1.807) is 24.9 Å². The van der Waals surface area contributed by atoms with Gasteiger partial charge in [0.2, 0.25) is 0 Å². The minimum absolute atomic E-state index is 0.293. The third-order valence-corrected chi connectivity index (χ3v) is 6.38. The molecule has 106 valence electrons. The van der Waals surface area contributed by atoms with Gasteiger partial charge in [-0.15, -0.1) is 0 Å². The molecule has 0 amide bonds. The van der Waals surface area contributed by atoms with Gasteiger partial charge in [-0.05, 0) is 30.9 Å². The van der Waals surface area contributed by atoms with Gasteiger partial charge < -0.3 is 10.3 Å².